The Balaban J connectivity index is 1.50. The molecule has 5 rings (SSSR count). The van der Waals surface area contributed by atoms with Crippen LogP contribution in [0.15, 0.2) is 79.0 Å². The van der Waals surface area contributed by atoms with Gasteiger partial charge in [-0.2, -0.15) is 0 Å². The molecular weight excluding hydrogens is 518 g/mol. The number of phenols is 1. The Morgan fingerprint density at radius 2 is 1.87 bits per heavy atom. The zero-order valence-electron chi connectivity index (χ0n) is 21.1. The highest BCUT2D eigenvalue weighted by molar-refractivity contribution is 7.80. The molecule has 194 valence electrons. The molecule has 0 unspecified atom stereocenters. The van der Waals surface area contributed by atoms with Gasteiger partial charge in [0.25, 0.3) is 0 Å². The van der Waals surface area contributed by atoms with Crippen molar-refractivity contribution in [1.29, 1.82) is 0 Å². The first kappa shape index (κ1) is 25.8. The molecule has 1 saturated heterocycles. The van der Waals surface area contributed by atoms with E-state index in [0.717, 1.165) is 28.3 Å². The Hall–Kier alpha value is -3.88. The first-order valence-corrected chi connectivity index (χ1v) is 13.1. The highest BCUT2D eigenvalue weighted by Gasteiger charge is 2.41. The van der Waals surface area contributed by atoms with Gasteiger partial charge in [-0.3, -0.25) is 9.78 Å². The van der Waals surface area contributed by atoms with Crippen molar-refractivity contribution < 1.29 is 9.90 Å². The van der Waals surface area contributed by atoms with Gasteiger partial charge in [0.15, 0.2) is 5.11 Å². The Labute approximate surface area is 232 Å². The maximum atomic E-state index is 12.8. The van der Waals surface area contributed by atoms with Gasteiger partial charge in [-0.15, -0.1) is 0 Å². The molecule has 1 amide bonds. The van der Waals surface area contributed by atoms with Gasteiger partial charge in [-0.25, -0.2) is 0 Å². The Kier molecular flexibility index (Phi) is 7.35. The lowest BCUT2D eigenvalue weighted by Crippen LogP contribution is -2.32. The SMILES string of the molecule is Cc1cc([C@@H]2[C@@H](c3ccccn3)NC(=S)N2CCC(=O)Nc2ccccc2)c(C)n1-c1cc(Cl)ccc1O. The molecule has 0 bridgehead atoms. The molecule has 1 aliphatic rings. The molecule has 2 aromatic carbocycles. The van der Waals surface area contributed by atoms with Crippen LogP contribution in [0.2, 0.25) is 5.02 Å². The van der Waals surface area contributed by atoms with Gasteiger partial charge < -0.3 is 25.2 Å². The van der Waals surface area contributed by atoms with E-state index in [1.807, 2.05) is 66.9 Å². The van der Waals surface area contributed by atoms with Crippen LogP contribution in [-0.4, -0.2) is 37.1 Å². The van der Waals surface area contributed by atoms with E-state index in [2.05, 4.69) is 26.6 Å². The van der Waals surface area contributed by atoms with Crippen molar-refractivity contribution in [3.63, 3.8) is 0 Å². The zero-order chi connectivity index (χ0) is 26.8. The Morgan fingerprint density at radius 1 is 1.11 bits per heavy atom. The van der Waals surface area contributed by atoms with Gasteiger partial charge in [0.2, 0.25) is 5.91 Å². The summed E-state index contributed by atoms with van der Waals surface area (Å²) in [5.41, 5.74) is 5.12. The van der Waals surface area contributed by atoms with Crippen molar-refractivity contribution in [1.82, 2.24) is 19.8 Å². The summed E-state index contributed by atoms with van der Waals surface area (Å²) in [7, 11) is 0. The average Bonchev–Trinajstić information content (AvgIpc) is 3.39. The second-order valence-corrected chi connectivity index (χ2v) is 10.1. The number of nitrogens with zero attached hydrogens (tertiary/aromatic N) is 3. The number of carbonyl (C=O) groups is 1. The van der Waals surface area contributed by atoms with Gasteiger partial charge in [0, 0.05) is 41.3 Å². The second kappa shape index (κ2) is 10.8. The summed E-state index contributed by atoms with van der Waals surface area (Å²) in [5.74, 6) is 0.0480. The summed E-state index contributed by atoms with van der Waals surface area (Å²) >= 11 is 12.1. The standard InChI is InChI=1S/C29H28ClN5O2S/c1-18-16-22(19(2)35(18)24-17-20(30)11-12-25(24)36)28-27(23-10-6-7-14-31-23)33-29(38)34(28)15-13-26(37)32-21-8-4-3-5-9-21/h3-12,14,16-17,27-28,36H,13,15H2,1-2H3,(H,32,37)(H,33,38)/t27-,28-/m1/s1. The molecule has 1 aliphatic heterocycles. The molecule has 2 atom stereocenters. The van der Waals surface area contributed by atoms with E-state index >= 15 is 0 Å². The monoisotopic (exact) mass is 545 g/mol. The smallest absolute Gasteiger partial charge is 0.226 e. The van der Waals surface area contributed by atoms with Crippen molar-refractivity contribution in [3.05, 3.63) is 107 Å². The molecule has 1 fully saturated rings. The van der Waals surface area contributed by atoms with Crippen LogP contribution < -0.4 is 10.6 Å². The van der Waals surface area contributed by atoms with Crippen LogP contribution in [0.4, 0.5) is 5.69 Å². The molecule has 7 nitrogen and oxygen atoms in total. The van der Waals surface area contributed by atoms with Crippen molar-refractivity contribution in [2.24, 2.45) is 0 Å². The molecular formula is C29H28ClN5O2S. The fraction of sp³-hybridized carbons (Fsp3) is 0.207. The number of phenolic OH excluding ortho intramolecular Hbond substituents is 1. The number of para-hydroxylation sites is 1. The minimum atomic E-state index is -0.220. The highest BCUT2D eigenvalue weighted by atomic mass is 35.5. The fourth-order valence-electron chi connectivity index (χ4n) is 5.09. The van der Waals surface area contributed by atoms with E-state index in [-0.39, 0.29) is 30.2 Å². The van der Waals surface area contributed by atoms with Crippen LogP contribution in [0.25, 0.3) is 5.69 Å². The third-order valence-corrected chi connectivity index (χ3v) is 7.39. The average molecular weight is 546 g/mol. The summed E-state index contributed by atoms with van der Waals surface area (Å²) in [5, 5.41) is 18.1. The predicted molar refractivity (Wildman–Crippen MR) is 154 cm³/mol. The van der Waals surface area contributed by atoms with Gasteiger partial charge in [-0.05, 0) is 80.2 Å². The molecule has 9 heteroatoms. The molecule has 0 radical (unpaired) electrons. The topological polar surface area (TPSA) is 82.4 Å². The minimum Gasteiger partial charge on any atom is -0.506 e. The fourth-order valence-corrected chi connectivity index (χ4v) is 5.58. The largest absolute Gasteiger partial charge is 0.506 e. The number of halogens is 1. The number of pyridine rings is 1. The summed E-state index contributed by atoms with van der Waals surface area (Å²) in [6.45, 7) is 4.43. The normalized spacial score (nSPS) is 16.9. The first-order valence-electron chi connectivity index (χ1n) is 12.3. The molecule has 38 heavy (non-hydrogen) atoms. The van der Waals surface area contributed by atoms with Crippen LogP contribution in [0.3, 0.4) is 0 Å². The Morgan fingerprint density at radius 3 is 2.61 bits per heavy atom. The minimum absolute atomic E-state index is 0.0895. The first-order chi connectivity index (χ1) is 18.3. The van der Waals surface area contributed by atoms with Gasteiger partial charge >= 0.3 is 0 Å². The van der Waals surface area contributed by atoms with Crippen LogP contribution in [0.1, 0.15) is 41.1 Å². The predicted octanol–water partition coefficient (Wildman–Crippen LogP) is 5.85. The van der Waals surface area contributed by atoms with Crippen LogP contribution in [0, 0.1) is 13.8 Å². The number of benzene rings is 2. The van der Waals surface area contributed by atoms with Crippen molar-refractivity contribution >= 4 is 40.5 Å². The molecule has 3 heterocycles. The second-order valence-electron chi connectivity index (χ2n) is 9.28. The summed E-state index contributed by atoms with van der Waals surface area (Å²) in [6, 6.07) is 21.9. The van der Waals surface area contributed by atoms with E-state index in [1.165, 1.54) is 0 Å². The van der Waals surface area contributed by atoms with Crippen LogP contribution in [0.5, 0.6) is 5.75 Å². The molecule has 0 aliphatic carbocycles. The number of nitrogens with one attached hydrogen (secondary N) is 2. The number of amides is 1. The molecule has 0 spiro atoms. The number of aromatic hydroxyl groups is 1. The van der Waals surface area contributed by atoms with Gasteiger partial charge in [-0.1, -0.05) is 35.9 Å². The zero-order valence-corrected chi connectivity index (χ0v) is 22.6. The molecule has 0 saturated carbocycles. The maximum absolute atomic E-state index is 12.8. The number of rotatable bonds is 7. The quantitative estimate of drug-likeness (QED) is 0.253. The maximum Gasteiger partial charge on any atom is 0.226 e. The molecule has 4 aromatic rings. The summed E-state index contributed by atoms with van der Waals surface area (Å²) < 4.78 is 1.99. The van der Waals surface area contributed by atoms with E-state index in [9.17, 15) is 9.90 Å². The van der Waals surface area contributed by atoms with Crippen LogP contribution >= 0.6 is 23.8 Å². The lowest BCUT2D eigenvalue weighted by molar-refractivity contribution is -0.116. The number of carbonyl (C=O) groups excluding carboxylic acids is 1. The van der Waals surface area contributed by atoms with Crippen molar-refractivity contribution in [2.75, 3.05) is 11.9 Å². The van der Waals surface area contributed by atoms with E-state index in [4.69, 9.17) is 23.8 Å². The highest BCUT2D eigenvalue weighted by Crippen LogP contribution is 2.42. The Bertz CT molecular complexity index is 1480. The number of aromatic nitrogens is 2. The molecule has 3 N–H and O–H groups in total. The van der Waals surface area contributed by atoms with Gasteiger partial charge in [0.1, 0.15) is 5.75 Å². The van der Waals surface area contributed by atoms with E-state index in [1.54, 1.807) is 24.4 Å². The number of anilines is 1. The summed E-state index contributed by atoms with van der Waals surface area (Å²) in [4.78, 5) is 19.5. The third-order valence-electron chi connectivity index (χ3n) is 6.80. The third kappa shape index (κ3) is 5.10. The van der Waals surface area contributed by atoms with Gasteiger partial charge in [0.05, 0.1) is 23.5 Å². The lowest BCUT2D eigenvalue weighted by atomic mass is 9.96. The number of hydrogen-bond acceptors (Lipinski definition) is 4. The molecule has 2 aromatic heterocycles. The van der Waals surface area contributed by atoms with E-state index in [0.29, 0.717) is 22.4 Å². The van der Waals surface area contributed by atoms with Crippen LogP contribution in [-0.2, 0) is 4.79 Å². The summed E-state index contributed by atoms with van der Waals surface area (Å²) in [6.07, 6.45) is 2.02. The number of thiocarbonyl (C=S) groups is 1. The van der Waals surface area contributed by atoms with Crippen molar-refractivity contribution in [2.45, 2.75) is 32.4 Å². The van der Waals surface area contributed by atoms with Crippen molar-refractivity contribution in [3.8, 4) is 11.4 Å². The van der Waals surface area contributed by atoms with E-state index < -0.39 is 0 Å². The number of aryl methyl sites for hydroxylation is 1. The lowest BCUT2D eigenvalue weighted by Gasteiger charge is -2.28. The number of hydrogen-bond donors (Lipinski definition) is 3.